The van der Waals surface area contributed by atoms with E-state index in [-0.39, 0.29) is 11.5 Å². The number of carbonyl (C=O) groups is 1. The second-order valence-electron chi connectivity index (χ2n) is 6.32. The molecule has 1 atom stereocenters. The van der Waals surface area contributed by atoms with Gasteiger partial charge in [-0.2, -0.15) is 0 Å². The number of benzene rings is 1. The number of nitrogens with one attached hydrogen (secondary N) is 1. The number of amides is 1. The molecule has 0 bridgehead atoms. The van der Waals surface area contributed by atoms with Crippen LogP contribution in [0.4, 0.5) is 5.69 Å². The molecule has 3 rings (SSSR count). The Bertz CT molecular complexity index is 1120. The maximum atomic E-state index is 12.7. The number of anilines is 1. The van der Waals surface area contributed by atoms with E-state index in [1.165, 1.54) is 34.8 Å². The fourth-order valence-electron chi connectivity index (χ4n) is 2.69. The van der Waals surface area contributed by atoms with Crippen LogP contribution >= 0.6 is 34.7 Å². The van der Waals surface area contributed by atoms with Crippen molar-refractivity contribution < 1.29 is 9.53 Å². The van der Waals surface area contributed by atoms with E-state index in [0.29, 0.717) is 31.8 Å². The summed E-state index contributed by atoms with van der Waals surface area (Å²) in [7, 11) is 3.20. The predicted octanol–water partition coefficient (Wildman–Crippen LogP) is 4.39. The fraction of sp³-hybridized carbons (Fsp3) is 0.316. The van der Waals surface area contributed by atoms with E-state index < -0.39 is 5.25 Å². The first-order valence-corrected chi connectivity index (χ1v) is 10.6. The molecule has 9 heteroatoms. The third kappa shape index (κ3) is 3.90. The Kier molecular flexibility index (Phi) is 6.02. The Balaban J connectivity index is 1.86. The van der Waals surface area contributed by atoms with Crippen molar-refractivity contribution in [3.63, 3.8) is 0 Å². The first kappa shape index (κ1) is 20.7. The summed E-state index contributed by atoms with van der Waals surface area (Å²) < 4.78 is 6.76. The number of rotatable bonds is 5. The molecule has 0 fully saturated rings. The van der Waals surface area contributed by atoms with Crippen molar-refractivity contribution in [2.75, 3.05) is 12.4 Å². The SMILES string of the molecule is COc1ccc(Cl)cc1NC(=O)C(C)Sc1nc2sc(C)c(C)c2c(=O)n1C. The summed E-state index contributed by atoms with van der Waals surface area (Å²) in [6.07, 6.45) is 0. The van der Waals surface area contributed by atoms with E-state index >= 15 is 0 Å². The first-order chi connectivity index (χ1) is 13.2. The van der Waals surface area contributed by atoms with Crippen LogP contribution in [0.5, 0.6) is 5.75 Å². The van der Waals surface area contributed by atoms with E-state index in [1.807, 2.05) is 13.8 Å². The molecular weight excluding hydrogens is 418 g/mol. The minimum atomic E-state index is -0.485. The number of nitrogens with zero attached hydrogens (tertiary/aromatic N) is 2. The Morgan fingerprint density at radius 2 is 2.11 bits per heavy atom. The molecule has 2 aromatic heterocycles. The van der Waals surface area contributed by atoms with Gasteiger partial charge in [0.15, 0.2) is 5.16 Å². The van der Waals surface area contributed by atoms with Gasteiger partial charge in [0.1, 0.15) is 10.6 Å². The van der Waals surface area contributed by atoms with Gasteiger partial charge in [0.05, 0.1) is 23.4 Å². The highest BCUT2D eigenvalue weighted by Gasteiger charge is 2.21. The highest BCUT2D eigenvalue weighted by molar-refractivity contribution is 8.00. The van der Waals surface area contributed by atoms with Crippen LogP contribution in [0.2, 0.25) is 5.02 Å². The van der Waals surface area contributed by atoms with Gasteiger partial charge < -0.3 is 10.1 Å². The lowest BCUT2D eigenvalue weighted by Crippen LogP contribution is -2.25. The van der Waals surface area contributed by atoms with Crippen molar-refractivity contribution in [1.82, 2.24) is 9.55 Å². The van der Waals surface area contributed by atoms with Crippen molar-refractivity contribution in [3.8, 4) is 5.75 Å². The number of thioether (sulfide) groups is 1. The minimum Gasteiger partial charge on any atom is -0.495 e. The van der Waals surface area contributed by atoms with E-state index in [2.05, 4.69) is 10.3 Å². The molecular formula is C19H20ClN3O3S2. The molecule has 6 nitrogen and oxygen atoms in total. The summed E-state index contributed by atoms with van der Waals surface area (Å²) in [5.74, 6) is 0.282. The Morgan fingerprint density at radius 1 is 1.39 bits per heavy atom. The Labute approximate surface area is 175 Å². The molecule has 148 valence electrons. The largest absolute Gasteiger partial charge is 0.495 e. The summed E-state index contributed by atoms with van der Waals surface area (Å²) >= 11 is 8.74. The van der Waals surface area contributed by atoms with Gasteiger partial charge in [-0.1, -0.05) is 23.4 Å². The van der Waals surface area contributed by atoms with Gasteiger partial charge in [0.25, 0.3) is 5.56 Å². The summed E-state index contributed by atoms with van der Waals surface area (Å²) in [6.45, 7) is 5.67. The quantitative estimate of drug-likeness (QED) is 0.473. The normalized spacial score (nSPS) is 12.2. The maximum Gasteiger partial charge on any atom is 0.262 e. The van der Waals surface area contributed by atoms with Gasteiger partial charge in [-0.15, -0.1) is 11.3 Å². The van der Waals surface area contributed by atoms with Gasteiger partial charge in [-0.05, 0) is 44.5 Å². The van der Waals surface area contributed by atoms with Crippen LogP contribution in [0.25, 0.3) is 10.2 Å². The molecule has 0 aliphatic rings. The Morgan fingerprint density at radius 3 is 2.79 bits per heavy atom. The average Bonchev–Trinajstić information content (AvgIpc) is 2.93. The molecule has 0 aliphatic heterocycles. The van der Waals surface area contributed by atoms with E-state index in [0.717, 1.165) is 10.4 Å². The van der Waals surface area contributed by atoms with Crippen LogP contribution in [-0.4, -0.2) is 27.8 Å². The highest BCUT2D eigenvalue weighted by atomic mass is 35.5. The van der Waals surface area contributed by atoms with Crippen molar-refractivity contribution in [1.29, 1.82) is 0 Å². The monoisotopic (exact) mass is 437 g/mol. The van der Waals surface area contributed by atoms with Crippen LogP contribution < -0.4 is 15.6 Å². The molecule has 3 aromatic rings. The number of fused-ring (bicyclic) bond motifs is 1. The lowest BCUT2D eigenvalue weighted by Gasteiger charge is -2.15. The number of halogens is 1. The summed E-state index contributed by atoms with van der Waals surface area (Å²) in [5, 5.41) is 3.98. The standard InChI is InChI=1S/C19H20ClN3O3S2/c1-9-10(2)27-17-15(9)18(25)23(4)19(22-17)28-11(3)16(24)21-13-8-12(20)6-7-14(13)26-5/h6-8,11H,1-5H3,(H,21,24). The van der Waals surface area contributed by atoms with Gasteiger partial charge in [-0.25, -0.2) is 4.98 Å². The molecule has 0 saturated carbocycles. The lowest BCUT2D eigenvalue weighted by molar-refractivity contribution is -0.115. The zero-order chi connectivity index (χ0) is 20.6. The van der Waals surface area contributed by atoms with Gasteiger partial charge >= 0.3 is 0 Å². The van der Waals surface area contributed by atoms with Gasteiger partial charge in [0.2, 0.25) is 5.91 Å². The van der Waals surface area contributed by atoms with E-state index in [9.17, 15) is 9.59 Å². The number of hydrogen-bond donors (Lipinski definition) is 1. The molecule has 0 spiro atoms. The molecule has 0 radical (unpaired) electrons. The van der Waals surface area contributed by atoms with Gasteiger partial charge in [0, 0.05) is 16.9 Å². The molecule has 0 saturated heterocycles. The maximum absolute atomic E-state index is 12.7. The third-order valence-electron chi connectivity index (χ3n) is 4.44. The number of hydrogen-bond acceptors (Lipinski definition) is 6. The zero-order valence-corrected chi connectivity index (χ0v) is 18.5. The van der Waals surface area contributed by atoms with Crippen molar-refractivity contribution >= 4 is 56.5 Å². The summed E-state index contributed by atoms with van der Waals surface area (Å²) in [5.41, 5.74) is 1.36. The van der Waals surface area contributed by atoms with Crippen molar-refractivity contribution in [2.24, 2.45) is 7.05 Å². The number of carbonyl (C=O) groups excluding carboxylic acids is 1. The number of thiophene rings is 1. The van der Waals surface area contributed by atoms with Crippen molar-refractivity contribution in [2.45, 2.75) is 31.2 Å². The molecule has 0 aliphatic carbocycles. The topological polar surface area (TPSA) is 73.2 Å². The summed E-state index contributed by atoms with van der Waals surface area (Å²) in [6, 6.07) is 5.01. The molecule has 1 unspecified atom stereocenters. The van der Waals surface area contributed by atoms with Crippen molar-refractivity contribution in [3.05, 3.63) is 44.0 Å². The minimum absolute atomic E-state index is 0.0986. The van der Waals surface area contributed by atoms with Gasteiger partial charge in [-0.3, -0.25) is 14.2 Å². The third-order valence-corrected chi connectivity index (χ3v) is 6.92. The van der Waals surface area contributed by atoms with Crippen LogP contribution in [-0.2, 0) is 11.8 Å². The van der Waals surface area contributed by atoms with Crippen LogP contribution in [0.1, 0.15) is 17.4 Å². The second-order valence-corrected chi connectivity index (χ2v) is 9.26. The first-order valence-electron chi connectivity index (χ1n) is 8.50. The smallest absolute Gasteiger partial charge is 0.262 e. The van der Waals surface area contributed by atoms with E-state index in [4.69, 9.17) is 16.3 Å². The summed E-state index contributed by atoms with van der Waals surface area (Å²) in [4.78, 5) is 31.8. The highest BCUT2D eigenvalue weighted by Crippen LogP contribution is 2.31. The second kappa shape index (κ2) is 8.14. The van der Waals surface area contributed by atoms with Crippen LogP contribution in [0.3, 0.4) is 0 Å². The number of ether oxygens (including phenoxy) is 1. The number of aryl methyl sites for hydroxylation is 2. The fourth-order valence-corrected chi connectivity index (χ4v) is 4.80. The number of aromatic nitrogens is 2. The van der Waals surface area contributed by atoms with E-state index in [1.54, 1.807) is 32.2 Å². The Hall–Kier alpha value is -2.03. The molecule has 1 amide bonds. The predicted molar refractivity (Wildman–Crippen MR) is 116 cm³/mol. The van der Waals surface area contributed by atoms with Crippen LogP contribution in [0, 0.1) is 13.8 Å². The molecule has 1 N–H and O–H groups in total. The average molecular weight is 438 g/mol. The molecule has 28 heavy (non-hydrogen) atoms. The number of methoxy groups -OCH3 is 1. The molecule has 1 aromatic carbocycles. The zero-order valence-electron chi connectivity index (χ0n) is 16.1. The molecule has 2 heterocycles. The lowest BCUT2D eigenvalue weighted by atomic mass is 10.2. The van der Waals surface area contributed by atoms with Crippen LogP contribution in [0.15, 0.2) is 28.2 Å².